The Kier molecular flexibility index (Phi) is 2.55. The molecule has 0 aliphatic heterocycles. The number of aromatic nitrogens is 2. The Hall–Kier alpha value is -1.52. The van der Waals surface area contributed by atoms with Gasteiger partial charge in [-0.1, -0.05) is 0 Å². The summed E-state index contributed by atoms with van der Waals surface area (Å²) in [6.07, 6.45) is -0.0105. The SMILES string of the molecule is Cc1c(OC(C)C)n[nH]c1C(=O)O. The minimum Gasteiger partial charge on any atom is -0.477 e. The third kappa shape index (κ3) is 1.99. The smallest absolute Gasteiger partial charge is 0.354 e. The van der Waals surface area contributed by atoms with Gasteiger partial charge in [-0.05, 0) is 20.8 Å². The maximum absolute atomic E-state index is 10.6. The molecular weight excluding hydrogens is 172 g/mol. The number of carboxylic acid groups (broad SMARTS) is 1. The predicted molar refractivity (Wildman–Crippen MR) is 46.0 cm³/mol. The first-order valence-electron chi connectivity index (χ1n) is 3.97. The van der Waals surface area contributed by atoms with Gasteiger partial charge in [-0.3, -0.25) is 5.10 Å². The van der Waals surface area contributed by atoms with E-state index in [9.17, 15) is 4.79 Å². The lowest BCUT2D eigenvalue weighted by Crippen LogP contribution is -2.07. The summed E-state index contributed by atoms with van der Waals surface area (Å²) in [5.41, 5.74) is 0.608. The van der Waals surface area contributed by atoms with Gasteiger partial charge in [0.2, 0.25) is 5.88 Å². The van der Waals surface area contributed by atoms with Crippen molar-refractivity contribution in [3.05, 3.63) is 11.3 Å². The molecule has 0 saturated heterocycles. The van der Waals surface area contributed by atoms with Gasteiger partial charge in [0.25, 0.3) is 0 Å². The molecule has 2 N–H and O–H groups in total. The van der Waals surface area contributed by atoms with Gasteiger partial charge >= 0.3 is 5.97 Å². The number of aromatic carboxylic acids is 1. The average Bonchev–Trinajstić information content (AvgIpc) is 2.32. The quantitative estimate of drug-likeness (QED) is 0.740. The molecule has 1 heterocycles. The van der Waals surface area contributed by atoms with Crippen LogP contribution < -0.4 is 4.74 Å². The molecule has 72 valence electrons. The number of carboxylic acids is 1. The van der Waals surface area contributed by atoms with Crippen LogP contribution in [-0.2, 0) is 0 Å². The fourth-order valence-corrected chi connectivity index (χ4v) is 0.928. The van der Waals surface area contributed by atoms with E-state index >= 15 is 0 Å². The van der Waals surface area contributed by atoms with E-state index in [0.29, 0.717) is 11.4 Å². The first kappa shape index (κ1) is 9.57. The summed E-state index contributed by atoms with van der Waals surface area (Å²) in [4.78, 5) is 10.6. The summed E-state index contributed by atoms with van der Waals surface area (Å²) in [6, 6.07) is 0. The second-order valence-electron chi connectivity index (χ2n) is 3.00. The molecule has 0 aliphatic carbocycles. The maximum atomic E-state index is 10.6. The Labute approximate surface area is 75.7 Å². The molecule has 0 amide bonds. The van der Waals surface area contributed by atoms with Crippen molar-refractivity contribution in [2.24, 2.45) is 0 Å². The lowest BCUT2D eigenvalue weighted by atomic mass is 10.3. The number of hydrogen-bond acceptors (Lipinski definition) is 3. The standard InChI is InChI=1S/C8H12N2O3/c1-4(2)13-7-5(3)6(8(11)12)9-10-7/h4H,1-3H3,(H,9,10)(H,11,12). The van der Waals surface area contributed by atoms with Gasteiger partial charge in [0.05, 0.1) is 6.10 Å². The summed E-state index contributed by atoms with van der Waals surface area (Å²) in [7, 11) is 0. The van der Waals surface area contributed by atoms with Crippen LogP contribution in [0.5, 0.6) is 5.88 Å². The van der Waals surface area contributed by atoms with Gasteiger partial charge in [0.1, 0.15) is 5.69 Å². The van der Waals surface area contributed by atoms with Gasteiger partial charge in [-0.2, -0.15) is 0 Å². The summed E-state index contributed by atoms with van der Waals surface area (Å²) in [5.74, 6) is -0.670. The Bertz CT molecular complexity index is 317. The van der Waals surface area contributed by atoms with Crippen LogP contribution in [-0.4, -0.2) is 27.4 Å². The van der Waals surface area contributed by atoms with Crippen molar-refractivity contribution in [3.63, 3.8) is 0 Å². The summed E-state index contributed by atoms with van der Waals surface area (Å²) >= 11 is 0. The number of aromatic amines is 1. The van der Waals surface area contributed by atoms with Crippen LogP contribution in [0, 0.1) is 6.92 Å². The molecule has 0 atom stereocenters. The van der Waals surface area contributed by atoms with Crippen LogP contribution in [0.1, 0.15) is 29.9 Å². The topological polar surface area (TPSA) is 75.2 Å². The molecule has 0 aliphatic rings. The lowest BCUT2D eigenvalue weighted by molar-refractivity contribution is 0.0689. The van der Waals surface area contributed by atoms with E-state index in [1.807, 2.05) is 13.8 Å². The van der Waals surface area contributed by atoms with E-state index in [1.165, 1.54) is 0 Å². The molecule has 0 fully saturated rings. The number of nitrogens with zero attached hydrogens (tertiary/aromatic N) is 1. The Morgan fingerprint density at radius 1 is 1.62 bits per heavy atom. The molecule has 1 rings (SSSR count). The maximum Gasteiger partial charge on any atom is 0.354 e. The van der Waals surface area contributed by atoms with Crippen LogP contribution in [0.15, 0.2) is 0 Å². The predicted octanol–water partition coefficient (Wildman–Crippen LogP) is 1.20. The lowest BCUT2D eigenvalue weighted by Gasteiger charge is -2.06. The van der Waals surface area contributed by atoms with Crippen LogP contribution >= 0.6 is 0 Å². The van der Waals surface area contributed by atoms with Gasteiger partial charge in [-0.15, -0.1) is 5.10 Å². The number of carbonyl (C=O) groups is 1. The Morgan fingerprint density at radius 3 is 2.62 bits per heavy atom. The van der Waals surface area contributed by atoms with Gasteiger partial charge in [-0.25, -0.2) is 4.79 Å². The first-order valence-corrected chi connectivity index (χ1v) is 3.97. The van der Waals surface area contributed by atoms with E-state index in [2.05, 4.69) is 10.2 Å². The van der Waals surface area contributed by atoms with Crippen molar-refractivity contribution in [2.45, 2.75) is 26.9 Å². The molecule has 0 saturated carbocycles. The fourth-order valence-electron chi connectivity index (χ4n) is 0.928. The van der Waals surface area contributed by atoms with Crippen LogP contribution in [0.2, 0.25) is 0 Å². The number of nitrogens with one attached hydrogen (secondary N) is 1. The largest absolute Gasteiger partial charge is 0.477 e. The number of rotatable bonds is 3. The van der Waals surface area contributed by atoms with Crippen molar-refractivity contribution in [1.29, 1.82) is 0 Å². The Morgan fingerprint density at radius 2 is 2.23 bits per heavy atom. The average molecular weight is 184 g/mol. The minimum atomic E-state index is -1.02. The third-order valence-electron chi connectivity index (χ3n) is 1.53. The number of ether oxygens (including phenoxy) is 1. The van der Waals surface area contributed by atoms with Gasteiger partial charge in [0, 0.05) is 5.56 Å². The second kappa shape index (κ2) is 3.47. The number of H-pyrrole nitrogens is 1. The summed E-state index contributed by atoms with van der Waals surface area (Å²) in [5, 5.41) is 14.8. The minimum absolute atomic E-state index is 0.0105. The van der Waals surface area contributed by atoms with E-state index in [-0.39, 0.29) is 11.8 Å². The van der Waals surface area contributed by atoms with Crippen molar-refractivity contribution >= 4 is 5.97 Å². The molecule has 5 heteroatoms. The van der Waals surface area contributed by atoms with Crippen LogP contribution in [0.25, 0.3) is 0 Å². The fraction of sp³-hybridized carbons (Fsp3) is 0.500. The molecule has 1 aromatic rings. The highest BCUT2D eigenvalue weighted by atomic mass is 16.5. The highest BCUT2D eigenvalue weighted by molar-refractivity contribution is 5.87. The van der Waals surface area contributed by atoms with E-state index < -0.39 is 5.97 Å². The summed E-state index contributed by atoms with van der Waals surface area (Å²) in [6.45, 7) is 5.37. The molecule has 0 radical (unpaired) electrons. The monoisotopic (exact) mass is 184 g/mol. The molecule has 0 bridgehead atoms. The second-order valence-corrected chi connectivity index (χ2v) is 3.00. The van der Waals surface area contributed by atoms with Crippen molar-refractivity contribution in [3.8, 4) is 5.88 Å². The van der Waals surface area contributed by atoms with E-state index in [1.54, 1.807) is 6.92 Å². The molecule has 13 heavy (non-hydrogen) atoms. The normalized spacial score (nSPS) is 10.5. The van der Waals surface area contributed by atoms with Gasteiger partial charge < -0.3 is 9.84 Å². The van der Waals surface area contributed by atoms with Crippen LogP contribution in [0.4, 0.5) is 0 Å². The van der Waals surface area contributed by atoms with Gasteiger partial charge in [0.15, 0.2) is 0 Å². The van der Waals surface area contributed by atoms with E-state index in [4.69, 9.17) is 9.84 Å². The molecule has 0 spiro atoms. The summed E-state index contributed by atoms with van der Waals surface area (Å²) < 4.78 is 5.27. The highest BCUT2D eigenvalue weighted by Crippen LogP contribution is 2.18. The molecule has 0 unspecified atom stereocenters. The zero-order valence-electron chi connectivity index (χ0n) is 7.79. The molecule has 5 nitrogen and oxygen atoms in total. The molecule has 1 aromatic heterocycles. The van der Waals surface area contributed by atoms with Crippen molar-refractivity contribution < 1.29 is 14.6 Å². The number of hydrogen-bond donors (Lipinski definition) is 2. The molecule has 0 aromatic carbocycles. The van der Waals surface area contributed by atoms with E-state index in [0.717, 1.165) is 0 Å². The highest BCUT2D eigenvalue weighted by Gasteiger charge is 2.15. The first-order chi connectivity index (χ1) is 6.02. The van der Waals surface area contributed by atoms with Crippen molar-refractivity contribution in [1.82, 2.24) is 10.2 Å². The third-order valence-corrected chi connectivity index (χ3v) is 1.53. The zero-order chi connectivity index (χ0) is 10.0. The molecular formula is C8H12N2O3. The Balaban J connectivity index is 2.93. The zero-order valence-corrected chi connectivity index (χ0v) is 7.79. The van der Waals surface area contributed by atoms with Crippen LogP contribution in [0.3, 0.4) is 0 Å². The van der Waals surface area contributed by atoms with Crippen molar-refractivity contribution in [2.75, 3.05) is 0 Å².